The van der Waals surface area contributed by atoms with E-state index in [0.717, 1.165) is 33.3 Å². The smallest absolute Gasteiger partial charge is 0.267 e. The normalized spacial score (nSPS) is 10.9. The van der Waals surface area contributed by atoms with Gasteiger partial charge in [-0.25, -0.2) is 4.68 Å². The fraction of sp³-hybridized carbons (Fsp3) is 0.130. The minimum atomic E-state index is -0.113. The number of ether oxygens (including phenoxy) is 1. The summed E-state index contributed by atoms with van der Waals surface area (Å²) < 4.78 is 7.01. The van der Waals surface area contributed by atoms with Gasteiger partial charge < -0.3 is 4.74 Å². The molecule has 0 amide bonds. The summed E-state index contributed by atoms with van der Waals surface area (Å²) in [5.41, 5.74) is 2.67. The molecule has 4 aromatic rings. The SMILES string of the molecule is CCOc1ccc(-c2ccc(=O)n(Cc3cccc4ccccc34)n2)cc1. The summed E-state index contributed by atoms with van der Waals surface area (Å²) in [5.74, 6) is 0.824. The van der Waals surface area contributed by atoms with E-state index in [1.807, 2.05) is 55.5 Å². The Bertz CT molecular complexity index is 1130. The summed E-state index contributed by atoms with van der Waals surface area (Å²) in [5, 5.41) is 6.88. The molecule has 0 spiro atoms. The zero-order valence-electron chi connectivity index (χ0n) is 15.1. The van der Waals surface area contributed by atoms with Crippen LogP contribution in [0.1, 0.15) is 12.5 Å². The molecule has 0 saturated heterocycles. The van der Waals surface area contributed by atoms with Gasteiger partial charge in [-0.2, -0.15) is 5.10 Å². The Morgan fingerprint density at radius 1 is 0.889 bits per heavy atom. The van der Waals surface area contributed by atoms with Crippen molar-refractivity contribution in [1.29, 1.82) is 0 Å². The van der Waals surface area contributed by atoms with E-state index in [4.69, 9.17) is 4.74 Å². The zero-order chi connectivity index (χ0) is 18.6. The monoisotopic (exact) mass is 356 g/mol. The van der Waals surface area contributed by atoms with Crippen molar-refractivity contribution >= 4 is 10.8 Å². The van der Waals surface area contributed by atoms with E-state index in [1.165, 1.54) is 4.68 Å². The number of benzene rings is 3. The van der Waals surface area contributed by atoms with Crippen molar-refractivity contribution in [3.05, 3.63) is 94.8 Å². The Morgan fingerprint density at radius 3 is 2.48 bits per heavy atom. The molecular weight excluding hydrogens is 336 g/mol. The Labute approximate surface area is 157 Å². The lowest BCUT2D eigenvalue weighted by Crippen LogP contribution is -2.22. The van der Waals surface area contributed by atoms with Gasteiger partial charge >= 0.3 is 0 Å². The van der Waals surface area contributed by atoms with Gasteiger partial charge in [-0.15, -0.1) is 0 Å². The van der Waals surface area contributed by atoms with Crippen molar-refractivity contribution in [2.45, 2.75) is 13.5 Å². The number of rotatable bonds is 5. The molecule has 0 bridgehead atoms. The first kappa shape index (κ1) is 17.0. The highest BCUT2D eigenvalue weighted by Crippen LogP contribution is 2.21. The molecule has 0 aliphatic rings. The molecule has 0 atom stereocenters. The minimum Gasteiger partial charge on any atom is -0.494 e. The standard InChI is InChI=1S/C23H20N2O2/c1-2-27-20-12-10-18(11-13-20)22-14-15-23(26)25(24-22)16-19-8-5-7-17-6-3-4-9-21(17)19/h3-15H,2,16H2,1H3. The summed E-state index contributed by atoms with van der Waals surface area (Å²) >= 11 is 0. The molecule has 4 rings (SSSR count). The van der Waals surface area contributed by atoms with E-state index in [0.29, 0.717) is 13.2 Å². The molecule has 4 heteroatoms. The number of hydrogen-bond donors (Lipinski definition) is 0. The topological polar surface area (TPSA) is 44.1 Å². The Hall–Kier alpha value is -3.40. The van der Waals surface area contributed by atoms with Crippen molar-refractivity contribution in [3.63, 3.8) is 0 Å². The second-order valence-electron chi connectivity index (χ2n) is 6.31. The van der Waals surface area contributed by atoms with Crippen molar-refractivity contribution in [2.24, 2.45) is 0 Å². The molecule has 0 aliphatic carbocycles. The fourth-order valence-electron chi connectivity index (χ4n) is 3.20. The number of aromatic nitrogens is 2. The predicted octanol–water partition coefficient (Wildman–Crippen LogP) is 4.51. The van der Waals surface area contributed by atoms with Gasteiger partial charge in [0, 0.05) is 11.6 Å². The van der Waals surface area contributed by atoms with Gasteiger partial charge in [-0.05, 0) is 53.6 Å². The molecule has 0 unspecified atom stereocenters. The maximum atomic E-state index is 12.4. The summed E-state index contributed by atoms with van der Waals surface area (Å²) in [6.07, 6.45) is 0. The lowest BCUT2D eigenvalue weighted by atomic mass is 10.0. The van der Waals surface area contributed by atoms with Crippen molar-refractivity contribution in [2.75, 3.05) is 6.61 Å². The number of fused-ring (bicyclic) bond motifs is 1. The predicted molar refractivity (Wildman–Crippen MR) is 108 cm³/mol. The Morgan fingerprint density at radius 2 is 1.67 bits per heavy atom. The molecule has 0 N–H and O–H groups in total. The second-order valence-corrected chi connectivity index (χ2v) is 6.31. The van der Waals surface area contributed by atoms with Gasteiger partial charge in [0.25, 0.3) is 5.56 Å². The quantitative estimate of drug-likeness (QED) is 0.528. The van der Waals surface area contributed by atoms with Gasteiger partial charge in [-0.1, -0.05) is 42.5 Å². The van der Waals surface area contributed by atoms with Crippen LogP contribution in [-0.2, 0) is 6.54 Å². The first-order valence-corrected chi connectivity index (χ1v) is 9.02. The van der Waals surface area contributed by atoms with Gasteiger partial charge in [0.15, 0.2) is 0 Å². The zero-order valence-corrected chi connectivity index (χ0v) is 15.1. The lowest BCUT2D eigenvalue weighted by Gasteiger charge is -2.10. The second kappa shape index (κ2) is 7.46. The molecule has 1 heterocycles. The molecule has 3 aromatic carbocycles. The third kappa shape index (κ3) is 3.60. The first-order valence-electron chi connectivity index (χ1n) is 9.02. The van der Waals surface area contributed by atoms with Crippen molar-refractivity contribution < 1.29 is 4.74 Å². The highest BCUT2D eigenvalue weighted by atomic mass is 16.5. The van der Waals surface area contributed by atoms with Crippen LogP contribution < -0.4 is 10.3 Å². The van der Waals surface area contributed by atoms with Crippen LogP contribution in [0, 0.1) is 0 Å². The van der Waals surface area contributed by atoms with Crippen LogP contribution in [0.3, 0.4) is 0 Å². The van der Waals surface area contributed by atoms with Crippen LogP contribution in [-0.4, -0.2) is 16.4 Å². The molecule has 134 valence electrons. The van der Waals surface area contributed by atoms with E-state index in [2.05, 4.69) is 23.3 Å². The van der Waals surface area contributed by atoms with Gasteiger partial charge in [-0.3, -0.25) is 4.79 Å². The first-order chi connectivity index (χ1) is 13.2. The molecule has 0 fully saturated rings. The fourth-order valence-corrected chi connectivity index (χ4v) is 3.20. The highest BCUT2D eigenvalue weighted by Gasteiger charge is 2.07. The summed E-state index contributed by atoms with van der Waals surface area (Å²) in [4.78, 5) is 12.4. The molecule has 4 nitrogen and oxygen atoms in total. The van der Waals surface area contributed by atoms with Crippen LogP contribution in [0.15, 0.2) is 83.7 Å². The lowest BCUT2D eigenvalue weighted by molar-refractivity contribution is 0.340. The van der Waals surface area contributed by atoms with Crippen LogP contribution in [0.2, 0.25) is 0 Å². The third-order valence-electron chi connectivity index (χ3n) is 4.53. The van der Waals surface area contributed by atoms with E-state index < -0.39 is 0 Å². The molecule has 0 aliphatic heterocycles. The largest absolute Gasteiger partial charge is 0.494 e. The maximum absolute atomic E-state index is 12.4. The molecule has 1 aromatic heterocycles. The maximum Gasteiger partial charge on any atom is 0.267 e. The average molecular weight is 356 g/mol. The average Bonchev–Trinajstić information content (AvgIpc) is 2.71. The molecule has 27 heavy (non-hydrogen) atoms. The summed E-state index contributed by atoms with van der Waals surface area (Å²) in [6.45, 7) is 3.03. The summed E-state index contributed by atoms with van der Waals surface area (Å²) in [6, 6.07) is 25.4. The van der Waals surface area contributed by atoms with Crippen LogP contribution >= 0.6 is 0 Å². The van der Waals surface area contributed by atoms with E-state index in [9.17, 15) is 4.79 Å². The number of hydrogen-bond acceptors (Lipinski definition) is 3. The Balaban J connectivity index is 1.69. The van der Waals surface area contributed by atoms with Crippen LogP contribution in [0.5, 0.6) is 5.75 Å². The third-order valence-corrected chi connectivity index (χ3v) is 4.53. The summed E-state index contributed by atoms with van der Waals surface area (Å²) in [7, 11) is 0. The van der Waals surface area contributed by atoms with E-state index in [-0.39, 0.29) is 5.56 Å². The van der Waals surface area contributed by atoms with E-state index in [1.54, 1.807) is 12.1 Å². The Kier molecular flexibility index (Phi) is 4.71. The number of nitrogens with zero attached hydrogens (tertiary/aromatic N) is 2. The van der Waals surface area contributed by atoms with Crippen LogP contribution in [0.25, 0.3) is 22.0 Å². The van der Waals surface area contributed by atoms with Gasteiger partial charge in [0.1, 0.15) is 5.75 Å². The van der Waals surface area contributed by atoms with Crippen molar-refractivity contribution in [3.8, 4) is 17.0 Å². The minimum absolute atomic E-state index is 0.113. The van der Waals surface area contributed by atoms with E-state index >= 15 is 0 Å². The van der Waals surface area contributed by atoms with Gasteiger partial charge in [0.05, 0.1) is 18.8 Å². The van der Waals surface area contributed by atoms with Gasteiger partial charge in [0.2, 0.25) is 0 Å². The molecule has 0 radical (unpaired) electrons. The molecular formula is C23H20N2O2. The highest BCUT2D eigenvalue weighted by molar-refractivity contribution is 5.85. The van der Waals surface area contributed by atoms with Crippen LogP contribution in [0.4, 0.5) is 0 Å². The van der Waals surface area contributed by atoms with Crippen molar-refractivity contribution in [1.82, 2.24) is 9.78 Å². The molecule has 0 saturated carbocycles.